The van der Waals surface area contributed by atoms with E-state index in [0.29, 0.717) is 12.1 Å². The summed E-state index contributed by atoms with van der Waals surface area (Å²) in [5.74, 6) is 1.20. The van der Waals surface area contributed by atoms with Gasteiger partial charge in [0.05, 0.1) is 11.6 Å². The molecule has 1 amide bonds. The maximum Gasteiger partial charge on any atom is 0.422 e. The number of pyridine rings is 1. The molecule has 10 heteroatoms. The summed E-state index contributed by atoms with van der Waals surface area (Å²) in [6.07, 6.45) is -3.12. The SMILES string of the molecule is Cc1ccc2[nH]c([C@@H]3C[C@H]3CC(=O)N[C@H](C)c3ccc(OCC(F)(F)F)s3)nc2n1. The third-order valence-electron chi connectivity index (χ3n) is 5.01. The molecule has 2 N–H and O–H groups in total. The summed E-state index contributed by atoms with van der Waals surface area (Å²) in [6, 6.07) is 6.73. The van der Waals surface area contributed by atoms with Crippen LogP contribution in [0.1, 0.15) is 48.1 Å². The van der Waals surface area contributed by atoms with Gasteiger partial charge in [-0.05, 0) is 50.5 Å². The van der Waals surface area contributed by atoms with Gasteiger partial charge in [0, 0.05) is 22.9 Å². The van der Waals surface area contributed by atoms with Crippen LogP contribution in [0.3, 0.4) is 0 Å². The van der Waals surface area contributed by atoms with Gasteiger partial charge in [0.15, 0.2) is 17.3 Å². The van der Waals surface area contributed by atoms with Crippen LogP contribution in [0.25, 0.3) is 11.2 Å². The highest BCUT2D eigenvalue weighted by atomic mass is 32.1. The number of nitrogens with one attached hydrogen (secondary N) is 2. The number of hydrogen-bond donors (Lipinski definition) is 2. The summed E-state index contributed by atoms with van der Waals surface area (Å²) in [4.78, 5) is 25.4. The summed E-state index contributed by atoms with van der Waals surface area (Å²) >= 11 is 1.10. The van der Waals surface area contributed by atoms with Crippen LogP contribution in [-0.2, 0) is 4.79 Å². The number of thiophene rings is 1. The van der Waals surface area contributed by atoms with Crippen molar-refractivity contribution in [3.05, 3.63) is 40.7 Å². The zero-order chi connectivity index (χ0) is 21.5. The van der Waals surface area contributed by atoms with E-state index in [-0.39, 0.29) is 28.8 Å². The third kappa shape index (κ3) is 4.92. The molecule has 160 valence electrons. The van der Waals surface area contributed by atoms with Gasteiger partial charge in [-0.25, -0.2) is 9.97 Å². The van der Waals surface area contributed by atoms with Crippen molar-refractivity contribution in [3.8, 4) is 5.06 Å². The van der Waals surface area contributed by atoms with Gasteiger partial charge in [0.25, 0.3) is 0 Å². The Morgan fingerprint density at radius 2 is 2.13 bits per heavy atom. The molecule has 6 nitrogen and oxygen atoms in total. The van der Waals surface area contributed by atoms with Crippen molar-refractivity contribution in [1.82, 2.24) is 20.3 Å². The molecular weight excluding hydrogens is 417 g/mol. The van der Waals surface area contributed by atoms with Crippen LogP contribution < -0.4 is 10.1 Å². The Kier molecular flexibility index (Phi) is 5.44. The number of hydrogen-bond acceptors (Lipinski definition) is 5. The van der Waals surface area contributed by atoms with Gasteiger partial charge in [-0.15, -0.1) is 11.3 Å². The van der Waals surface area contributed by atoms with E-state index in [1.807, 2.05) is 19.1 Å². The molecule has 3 aromatic rings. The summed E-state index contributed by atoms with van der Waals surface area (Å²) in [5, 5.41) is 3.09. The standard InChI is InChI=1S/C20H21F3N4O2S/c1-10-3-4-14-19(24-10)27-18(26-14)13-7-12(13)8-16(28)25-11(2)15-5-6-17(30-15)29-9-20(21,22)23/h3-6,11-13H,7-9H2,1-2H3,(H,25,28)(H,24,26,27)/t11-,12+,13-/m1/s1. The lowest BCUT2D eigenvalue weighted by atomic mass is 10.2. The average molecular weight is 438 g/mol. The maximum absolute atomic E-state index is 12.4. The molecule has 3 atom stereocenters. The number of aromatic nitrogens is 3. The number of imidazole rings is 1. The fraction of sp³-hybridized carbons (Fsp3) is 0.450. The van der Waals surface area contributed by atoms with Gasteiger partial charge >= 0.3 is 6.18 Å². The Bertz CT molecular complexity index is 1060. The van der Waals surface area contributed by atoms with Gasteiger partial charge in [-0.1, -0.05) is 0 Å². The number of amides is 1. The molecule has 0 spiro atoms. The van der Waals surface area contributed by atoms with Crippen molar-refractivity contribution >= 4 is 28.4 Å². The predicted octanol–water partition coefficient (Wildman–Crippen LogP) is 4.64. The normalized spacial score (nSPS) is 19.6. The van der Waals surface area contributed by atoms with Crippen LogP contribution in [0.5, 0.6) is 5.06 Å². The Morgan fingerprint density at radius 1 is 1.33 bits per heavy atom. The molecule has 4 rings (SSSR count). The highest BCUT2D eigenvalue weighted by Crippen LogP contribution is 2.48. The minimum absolute atomic E-state index is 0.0914. The Balaban J connectivity index is 1.28. The van der Waals surface area contributed by atoms with Crippen molar-refractivity contribution in [3.63, 3.8) is 0 Å². The molecule has 0 saturated heterocycles. The number of rotatable bonds is 7. The highest BCUT2D eigenvalue weighted by molar-refractivity contribution is 7.13. The fourth-order valence-electron chi connectivity index (χ4n) is 3.40. The van der Waals surface area contributed by atoms with E-state index < -0.39 is 12.8 Å². The molecule has 3 aromatic heterocycles. The average Bonchev–Trinajstić information content (AvgIpc) is 3.08. The number of aromatic amines is 1. The van der Waals surface area contributed by atoms with Crippen LogP contribution in [0.2, 0.25) is 0 Å². The summed E-state index contributed by atoms with van der Waals surface area (Å²) in [5.41, 5.74) is 2.48. The van der Waals surface area contributed by atoms with Gasteiger partial charge in [-0.2, -0.15) is 13.2 Å². The van der Waals surface area contributed by atoms with E-state index in [4.69, 9.17) is 4.74 Å². The first kappa shape index (κ1) is 20.6. The van der Waals surface area contributed by atoms with Crippen molar-refractivity contribution in [2.45, 2.75) is 44.8 Å². The Morgan fingerprint density at radius 3 is 2.90 bits per heavy atom. The Labute approximate surface area is 174 Å². The first-order chi connectivity index (χ1) is 14.2. The molecule has 0 aromatic carbocycles. The second-order valence-electron chi connectivity index (χ2n) is 7.60. The van der Waals surface area contributed by atoms with E-state index in [9.17, 15) is 18.0 Å². The second-order valence-corrected chi connectivity index (χ2v) is 8.68. The summed E-state index contributed by atoms with van der Waals surface area (Å²) in [7, 11) is 0. The molecule has 0 radical (unpaired) electrons. The minimum atomic E-state index is -4.38. The molecule has 0 aliphatic heterocycles. The van der Waals surface area contributed by atoms with Gasteiger partial charge in [-0.3, -0.25) is 4.79 Å². The maximum atomic E-state index is 12.4. The van der Waals surface area contributed by atoms with Crippen LogP contribution in [-0.4, -0.2) is 33.6 Å². The van der Waals surface area contributed by atoms with Crippen LogP contribution in [0.4, 0.5) is 13.2 Å². The molecule has 1 fully saturated rings. The summed E-state index contributed by atoms with van der Waals surface area (Å²) in [6.45, 7) is 2.39. The third-order valence-corrected chi connectivity index (χ3v) is 6.19. The smallest absolute Gasteiger partial charge is 0.422 e. The predicted molar refractivity (Wildman–Crippen MR) is 107 cm³/mol. The lowest BCUT2D eigenvalue weighted by molar-refractivity contribution is -0.152. The molecular formula is C20H21F3N4O2S. The molecule has 1 aliphatic carbocycles. The van der Waals surface area contributed by atoms with Crippen LogP contribution >= 0.6 is 11.3 Å². The van der Waals surface area contributed by atoms with Gasteiger partial charge < -0.3 is 15.0 Å². The van der Waals surface area contributed by atoms with Crippen LogP contribution in [0, 0.1) is 12.8 Å². The first-order valence-corrected chi connectivity index (χ1v) is 10.4. The second kappa shape index (κ2) is 7.90. The molecule has 3 heterocycles. The quantitative estimate of drug-likeness (QED) is 0.563. The lowest BCUT2D eigenvalue weighted by Crippen LogP contribution is -2.26. The zero-order valence-electron chi connectivity index (χ0n) is 16.4. The largest absolute Gasteiger partial charge is 0.475 e. The minimum Gasteiger partial charge on any atom is -0.475 e. The number of alkyl halides is 3. The van der Waals surface area contributed by atoms with Crippen molar-refractivity contribution in [2.75, 3.05) is 6.61 Å². The van der Waals surface area contributed by atoms with Gasteiger partial charge in [0.2, 0.25) is 5.91 Å². The molecule has 0 bridgehead atoms. The van der Waals surface area contributed by atoms with Crippen molar-refractivity contribution in [1.29, 1.82) is 0 Å². The van der Waals surface area contributed by atoms with E-state index in [0.717, 1.165) is 39.7 Å². The number of H-pyrrole nitrogens is 1. The van der Waals surface area contributed by atoms with E-state index in [1.165, 1.54) is 6.07 Å². The topological polar surface area (TPSA) is 79.9 Å². The van der Waals surface area contributed by atoms with Crippen LogP contribution in [0.15, 0.2) is 24.3 Å². The number of ether oxygens (including phenoxy) is 1. The van der Waals surface area contributed by atoms with E-state index >= 15 is 0 Å². The zero-order valence-corrected chi connectivity index (χ0v) is 17.2. The Hall–Kier alpha value is -2.62. The van der Waals surface area contributed by atoms with Gasteiger partial charge in [0.1, 0.15) is 5.82 Å². The van der Waals surface area contributed by atoms with E-state index in [2.05, 4.69) is 20.3 Å². The fourth-order valence-corrected chi connectivity index (χ4v) is 4.25. The number of aryl methyl sites for hydroxylation is 1. The number of carbonyl (C=O) groups excluding carboxylic acids is 1. The van der Waals surface area contributed by atoms with E-state index in [1.54, 1.807) is 13.0 Å². The number of nitrogens with zero attached hydrogens (tertiary/aromatic N) is 2. The molecule has 1 saturated carbocycles. The van der Waals surface area contributed by atoms with Crippen molar-refractivity contribution in [2.24, 2.45) is 5.92 Å². The molecule has 30 heavy (non-hydrogen) atoms. The molecule has 0 unspecified atom stereocenters. The monoisotopic (exact) mass is 438 g/mol. The number of fused-ring (bicyclic) bond motifs is 1. The van der Waals surface area contributed by atoms with Crippen molar-refractivity contribution < 1.29 is 22.7 Å². The lowest BCUT2D eigenvalue weighted by Gasteiger charge is -2.12. The summed E-state index contributed by atoms with van der Waals surface area (Å²) < 4.78 is 41.5. The highest BCUT2D eigenvalue weighted by Gasteiger charge is 2.42. The number of halogens is 3. The first-order valence-electron chi connectivity index (χ1n) is 9.60. The molecule has 1 aliphatic rings. The number of carbonyl (C=O) groups is 1.